The molecule has 0 bridgehead atoms. The van der Waals surface area contributed by atoms with Gasteiger partial charge in [0.2, 0.25) is 0 Å². The lowest BCUT2D eigenvalue weighted by molar-refractivity contribution is -0.384. The maximum Gasteiger partial charge on any atom is 0.269 e. The molecule has 7 heteroatoms. The van der Waals surface area contributed by atoms with E-state index in [1.165, 1.54) is 19.2 Å². The van der Waals surface area contributed by atoms with E-state index in [1.54, 1.807) is 24.3 Å². The number of ether oxygens (including phenoxy) is 2. The summed E-state index contributed by atoms with van der Waals surface area (Å²) in [4.78, 5) is 21.2. The van der Waals surface area contributed by atoms with Crippen LogP contribution in [-0.4, -0.2) is 18.3 Å². The number of nitrogens with zero attached hydrogens (tertiary/aromatic N) is 1. The van der Waals surface area contributed by atoms with E-state index in [4.69, 9.17) is 9.47 Å². The molecule has 0 amide bonds. The number of carbonyl (C=O) groups is 1. The van der Waals surface area contributed by atoms with Gasteiger partial charge in [-0.15, -0.1) is 0 Å². The largest absolute Gasteiger partial charge is 0.493 e. The van der Waals surface area contributed by atoms with E-state index in [9.17, 15) is 14.9 Å². The van der Waals surface area contributed by atoms with E-state index >= 15 is 0 Å². The van der Waals surface area contributed by atoms with Crippen molar-refractivity contribution in [3.63, 3.8) is 0 Å². The van der Waals surface area contributed by atoms with Crippen LogP contribution in [0.15, 0.2) is 36.4 Å². The average Bonchev–Trinajstić information content (AvgIpc) is 2.53. The fraction of sp³-hybridized carbons (Fsp3) is 0.133. The van der Waals surface area contributed by atoms with E-state index in [-0.39, 0.29) is 12.3 Å². The number of nitro groups is 1. The zero-order valence-electron chi connectivity index (χ0n) is 11.6. The maximum atomic E-state index is 10.9. The quantitative estimate of drug-likeness (QED) is 0.313. The molecule has 0 radical (unpaired) electrons. The summed E-state index contributed by atoms with van der Waals surface area (Å²) in [6.45, 7) is 0.161. The van der Waals surface area contributed by atoms with Gasteiger partial charge in [-0.05, 0) is 40.3 Å². The smallest absolute Gasteiger partial charge is 0.269 e. The summed E-state index contributed by atoms with van der Waals surface area (Å²) in [5.74, 6) is 0.944. The van der Waals surface area contributed by atoms with Gasteiger partial charge in [0.1, 0.15) is 12.9 Å². The van der Waals surface area contributed by atoms with Crippen LogP contribution in [0.25, 0.3) is 0 Å². The molecule has 2 aromatic rings. The summed E-state index contributed by atoms with van der Waals surface area (Å²) >= 11 is 2.05. The van der Waals surface area contributed by atoms with Crippen LogP contribution in [0.1, 0.15) is 15.9 Å². The Kier molecular flexibility index (Phi) is 5.31. The van der Waals surface area contributed by atoms with Gasteiger partial charge < -0.3 is 9.47 Å². The Balaban J connectivity index is 2.23. The van der Waals surface area contributed by atoms with Crippen LogP contribution in [-0.2, 0) is 6.61 Å². The minimum atomic E-state index is -0.452. The number of carbonyl (C=O) groups excluding carboxylic acids is 1. The van der Waals surface area contributed by atoms with E-state index in [1.807, 2.05) is 22.6 Å². The molecule has 0 N–H and O–H groups in total. The van der Waals surface area contributed by atoms with Gasteiger partial charge in [0.15, 0.2) is 11.5 Å². The summed E-state index contributed by atoms with van der Waals surface area (Å²) < 4.78 is 11.7. The van der Waals surface area contributed by atoms with Crippen LogP contribution in [0.3, 0.4) is 0 Å². The van der Waals surface area contributed by atoms with Crippen LogP contribution in [0.2, 0.25) is 0 Å². The monoisotopic (exact) mass is 413 g/mol. The SMILES string of the molecule is COc1cc(C=O)cc(I)c1OCc1cccc([N+](=O)[O-])c1. The summed E-state index contributed by atoms with van der Waals surface area (Å²) in [7, 11) is 1.49. The molecule has 0 spiro atoms. The number of hydrogen-bond acceptors (Lipinski definition) is 5. The van der Waals surface area contributed by atoms with Gasteiger partial charge in [0.25, 0.3) is 5.69 Å². The third-order valence-electron chi connectivity index (χ3n) is 2.89. The van der Waals surface area contributed by atoms with Gasteiger partial charge in [-0.25, -0.2) is 0 Å². The van der Waals surface area contributed by atoms with Crippen molar-refractivity contribution in [3.8, 4) is 11.5 Å². The molecular weight excluding hydrogens is 401 g/mol. The predicted octanol–water partition coefficient (Wildman–Crippen LogP) is 3.60. The van der Waals surface area contributed by atoms with E-state index in [0.717, 1.165) is 9.86 Å². The molecule has 2 aromatic carbocycles. The van der Waals surface area contributed by atoms with Gasteiger partial charge in [-0.3, -0.25) is 14.9 Å². The second kappa shape index (κ2) is 7.21. The van der Waals surface area contributed by atoms with Gasteiger partial charge in [-0.2, -0.15) is 0 Å². The molecule has 0 aliphatic carbocycles. The maximum absolute atomic E-state index is 10.9. The highest BCUT2D eigenvalue weighted by Gasteiger charge is 2.12. The number of hydrogen-bond donors (Lipinski definition) is 0. The lowest BCUT2D eigenvalue weighted by Gasteiger charge is -2.13. The Morgan fingerprint density at radius 2 is 2.09 bits per heavy atom. The van der Waals surface area contributed by atoms with Gasteiger partial charge >= 0.3 is 0 Å². The second-order valence-electron chi connectivity index (χ2n) is 4.37. The first-order chi connectivity index (χ1) is 10.5. The Hall–Kier alpha value is -2.16. The molecule has 0 heterocycles. The number of rotatable bonds is 6. The Morgan fingerprint density at radius 1 is 1.32 bits per heavy atom. The Morgan fingerprint density at radius 3 is 2.73 bits per heavy atom. The zero-order chi connectivity index (χ0) is 16.1. The van der Waals surface area contributed by atoms with Gasteiger partial charge in [0, 0.05) is 17.7 Å². The van der Waals surface area contributed by atoms with Crippen molar-refractivity contribution in [3.05, 3.63) is 61.2 Å². The fourth-order valence-corrected chi connectivity index (χ4v) is 2.64. The number of non-ortho nitro benzene ring substituents is 1. The first-order valence-electron chi connectivity index (χ1n) is 6.24. The molecule has 0 unspecified atom stereocenters. The van der Waals surface area contributed by atoms with Crippen molar-refractivity contribution < 1.29 is 19.2 Å². The van der Waals surface area contributed by atoms with Crippen molar-refractivity contribution in [2.24, 2.45) is 0 Å². The molecule has 6 nitrogen and oxygen atoms in total. The highest BCUT2D eigenvalue weighted by atomic mass is 127. The number of halogens is 1. The highest BCUT2D eigenvalue weighted by molar-refractivity contribution is 14.1. The van der Waals surface area contributed by atoms with Crippen molar-refractivity contribution in [2.75, 3.05) is 7.11 Å². The highest BCUT2D eigenvalue weighted by Crippen LogP contribution is 2.34. The number of nitro benzene ring substituents is 1. The molecule has 0 aromatic heterocycles. The molecule has 0 saturated heterocycles. The van der Waals surface area contributed by atoms with Crippen LogP contribution in [0.5, 0.6) is 11.5 Å². The van der Waals surface area contributed by atoms with Crippen LogP contribution < -0.4 is 9.47 Å². The molecule has 0 aliphatic rings. The molecule has 2 rings (SSSR count). The minimum Gasteiger partial charge on any atom is -0.493 e. The Bertz CT molecular complexity index is 717. The third kappa shape index (κ3) is 3.73. The first kappa shape index (κ1) is 16.2. The van der Waals surface area contributed by atoms with Gasteiger partial charge in [-0.1, -0.05) is 12.1 Å². The second-order valence-corrected chi connectivity index (χ2v) is 5.53. The van der Waals surface area contributed by atoms with E-state index in [2.05, 4.69) is 0 Å². The first-order valence-corrected chi connectivity index (χ1v) is 7.32. The molecule has 0 fully saturated rings. The van der Waals surface area contributed by atoms with Gasteiger partial charge in [0.05, 0.1) is 15.6 Å². The van der Waals surface area contributed by atoms with Crippen molar-refractivity contribution in [1.82, 2.24) is 0 Å². The summed E-state index contributed by atoms with van der Waals surface area (Å²) in [5, 5.41) is 10.8. The van der Waals surface area contributed by atoms with Crippen molar-refractivity contribution >= 4 is 34.6 Å². The summed E-state index contributed by atoms with van der Waals surface area (Å²) in [5.41, 5.74) is 1.18. The Labute approximate surface area is 140 Å². The molecule has 114 valence electrons. The molecule has 0 atom stereocenters. The number of benzene rings is 2. The minimum absolute atomic E-state index is 0.0130. The number of aldehydes is 1. The normalized spacial score (nSPS) is 10.1. The average molecular weight is 413 g/mol. The van der Waals surface area contributed by atoms with E-state index in [0.29, 0.717) is 22.6 Å². The van der Waals surface area contributed by atoms with Crippen molar-refractivity contribution in [2.45, 2.75) is 6.61 Å². The fourth-order valence-electron chi connectivity index (χ4n) is 1.86. The van der Waals surface area contributed by atoms with E-state index < -0.39 is 4.92 Å². The zero-order valence-corrected chi connectivity index (χ0v) is 13.8. The topological polar surface area (TPSA) is 78.7 Å². The summed E-state index contributed by atoms with van der Waals surface area (Å²) in [6.07, 6.45) is 0.731. The number of methoxy groups -OCH3 is 1. The standard InChI is InChI=1S/C15H12INO5/c1-21-14-7-11(8-18)6-13(16)15(14)22-9-10-3-2-4-12(5-10)17(19)20/h2-8H,9H2,1H3. The van der Waals surface area contributed by atoms with Crippen LogP contribution in [0.4, 0.5) is 5.69 Å². The lowest BCUT2D eigenvalue weighted by Crippen LogP contribution is -2.01. The molecule has 22 heavy (non-hydrogen) atoms. The van der Waals surface area contributed by atoms with Crippen molar-refractivity contribution in [1.29, 1.82) is 0 Å². The lowest BCUT2D eigenvalue weighted by atomic mass is 10.2. The molecular formula is C15H12INO5. The van der Waals surface area contributed by atoms with Crippen LogP contribution >= 0.6 is 22.6 Å². The summed E-state index contributed by atoms with van der Waals surface area (Å²) in [6, 6.07) is 9.49. The van der Waals surface area contributed by atoms with Crippen LogP contribution in [0, 0.1) is 13.7 Å². The predicted molar refractivity (Wildman–Crippen MR) is 88.5 cm³/mol. The molecule has 0 saturated carbocycles. The molecule has 0 aliphatic heterocycles. The third-order valence-corrected chi connectivity index (χ3v) is 3.69.